The number of benzene rings is 1. The quantitative estimate of drug-likeness (QED) is 0.862. The van der Waals surface area contributed by atoms with Crippen molar-refractivity contribution in [2.24, 2.45) is 0 Å². The van der Waals surface area contributed by atoms with Crippen molar-refractivity contribution < 1.29 is 9.53 Å². The minimum atomic E-state index is -0.183. The van der Waals surface area contributed by atoms with Crippen molar-refractivity contribution in [2.45, 2.75) is 20.0 Å². The highest BCUT2D eigenvalue weighted by atomic mass is 16.5. The Bertz CT molecular complexity index is 432. The topological polar surface area (TPSA) is 53.6 Å². The van der Waals surface area contributed by atoms with E-state index >= 15 is 0 Å². The number of hydrogen-bond acceptors (Lipinski definition) is 3. The number of carbonyl (C=O) groups excluding carboxylic acids is 1. The summed E-state index contributed by atoms with van der Waals surface area (Å²) in [6.07, 6.45) is 3.75. The van der Waals surface area contributed by atoms with Crippen LogP contribution in [0.1, 0.15) is 13.8 Å². The Morgan fingerprint density at radius 1 is 1.39 bits per heavy atom. The van der Waals surface area contributed by atoms with Crippen LogP contribution in [0.25, 0.3) is 0 Å². The Balaban J connectivity index is 1.91. The van der Waals surface area contributed by atoms with Gasteiger partial charge in [0.25, 0.3) is 0 Å². The molecule has 2 amide bonds. The lowest BCUT2D eigenvalue weighted by Crippen LogP contribution is -2.39. The normalized spacial score (nSPS) is 13.6. The number of urea groups is 1. The van der Waals surface area contributed by atoms with E-state index in [1.807, 2.05) is 44.2 Å². The molecule has 18 heavy (non-hydrogen) atoms. The van der Waals surface area contributed by atoms with E-state index in [0.717, 1.165) is 11.4 Å². The van der Waals surface area contributed by atoms with Gasteiger partial charge in [-0.3, -0.25) is 0 Å². The second-order valence-electron chi connectivity index (χ2n) is 4.26. The number of nitrogens with zero attached hydrogens (tertiary/aromatic N) is 1. The first-order valence-corrected chi connectivity index (χ1v) is 5.91. The lowest BCUT2D eigenvalue weighted by molar-refractivity contribution is 0.208. The van der Waals surface area contributed by atoms with Gasteiger partial charge in [-0.2, -0.15) is 0 Å². The van der Waals surface area contributed by atoms with Crippen molar-refractivity contribution in [1.29, 1.82) is 0 Å². The summed E-state index contributed by atoms with van der Waals surface area (Å²) >= 11 is 0. The summed E-state index contributed by atoms with van der Waals surface area (Å²) in [6, 6.07) is 7.13. The molecule has 0 atom stereocenters. The second kappa shape index (κ2) is 5.44. The number of nitrogens with one attached hydrogen (secondary N) is 2. The third-order valence-electron chi connectivity index (χ3n) is 2.36. The molecule has 0 saturated carbocycles. The van der Waals surface area contributed by atoms with Gasteiger partial charge in [-0.15, -0.1) is 0 Å². The van der Waals surface area contributed by atoms with E-state index in [1.54, 1.807) is 6.20 Å². The van der Waals surface area contributed by atoms with Crippen LogP contribution in [0.3, 0.4) is 0 Å². The molecule has 0 unspecified atom stereocenters. The first kappa shape index (κ1) is 12.3. The number of hydrogen-bond donors (Lipinski definition) is 2. The molecule has 0 spiro atoms. The summed E-state index contributed by atoms with van der Waals surface area (Å²) in [5.41, 5.74) is 3.57. The van der Waals surface area contributed by atoms with Gasteiger partial charge in [-0.05, 0) is 44.2 Å². The fourth-order valence-electron chi connectivity index (χ4n) is 1.57. The van der Waals surface area contributed by atoms with Gasteiger partial charge in [-0.1, -0.05) is 0 Å². The van der Waals surface area contributed by atoms with Crippen LogP contribution in [0.2, 0.25) is 0 Å². The lowest BCUT2D eigenvalue weighted by Gasteiger charge is -2.17. The average Bonchev–Trinajstić information content (AvgIpc) is 2.84. The second-order valence-corrected chi connectivity index (χ2v) is 4.26. The molecule has 1 aromatic carbocycles. The number of ether oxygens (including phenoxy) is 1. The van der Waals surface area contributed by atoms with Crippen LogP contribution in [0.15, 0.2) is 36.5 Å². The van der Waals surface area contributed by atoms with E-state index < -0.39 is 0 Å². The molecule has 2 N–H and O–H groups in total. The van der Waals surface area contributed by atoms with Gasteiger partial charge in [0.05, 0.1) is 12.6 Å². The SMILES string of the molecule is CC(C)Oc1ccc(NC(=O)N2CC=CN2)cc1. The van der Waals surface area contributed by atoms with E-state index in [4.69, 9.17) is 4.74 Å². The van der Waals surface area contributed by atoms with Crippen molar-refractivity contribution in [2.75, 3.05) is 11.9 Å². The summed E-state index contributed by atoms with van der Waals surface area (Å²) in [5.74, 6) is 0.795. The van der Waals surface area contributed by atoms with Crippen molar-refractivity contribution in [3.8, 4) is 5.75 Å². The highest BCUT2D eigenvalue weighted by Crippen LogP contribution is 2.17. The molecule has 1 aromatic rings. The predicted octanol–water partition coefficient (Wildman–Crippen LogP) is 2.34. The monoisotopic (exact) mass is 247 g/mol. The Morgan fingerprint density at radius 2 is 2.11 bits per heavy atom. The standard InChI is InChI=1S/C13H17N3O2/c1-10(2)18-12-6-4-11(5-7-12)15-13(17)16-9-3-8-14-16/h3-8,10,14H,9H2,1-2H3,(H,15,17). The Hall–Kier alpha value is -2.17. The molecule has 1 aliphatic heterocycles. The van der Waals surface area contributed by atoms with Crippen molar-refractivity contribution in [3.05, 3.63) is 36.5 Å². The van der Waals surface area contributed by atoms with E-state index in [0.29, 0.717) is 6.54 Å². The molecule has 0 aliphatic carbocycles. The molecule has 5 nitrogen and oxygen atoms in total. The van der Waals surface area contributed by atoms with Crippen molar-refractivity contribution in [1.82, 2.24) is 10.4 Å². The zero-order valence-corrected chi connectivity index (χ0v) is 10.5. The zero-order valence-electron chi connectivity index (χ0n) is 10.5. The summed E-state index contributed by atoms with van der Waals surface area (Å²) in [5, 5.41) is 4.28. The first-order chi connectivity index (χ1) is 8.65. The molecular weight excluding hydrogens is 230 g/mol. The van der Waals surface area contributed by atoms with Gasteiger partial charge >= 0.3 is 6.03 Å². The summed E-state index contributed by atoms with van der Waals surface area (Å²) in [4.78, 5) is 11.8. The van der Waals surface area contributed by atoms with Crippen LogP contribution in [0.5, 0.6) is 5.75 Å². The number of rotatable bonds is 3. The summed E-state index contributed by atoms with van der Waals surface area (Å²) < 4.78 is 5.53. The molecule has 0 fully saturated rings. The summed E-state index contributed by atoms with van der Waals surface area (Å²) in [6.45, 7) is 4.52. The van der Waals surface area contributed by atoms with Crippen LogP contribution in [-0.2, 0) is 0 Å². The fourth-order valence-corrected chi connectivity index (χ4v) is 1.57. The third-order valence-corrected chi connectivity index (χ3v) is 2.36. The number of hydrazine groups is 1. The van der Waals surface area contributed by atoms with Crippen LogP contribution in [0.4, 0.5) is 10.5 Å². The highest BCUT2D eigenvalue weighted by Gasteiger charge is 2.13. The molecular formula is C13H17N3O2. The molecule has 0 saturated heterocycles. The maximum absolute atomic E-state index is 11.8. The smallest absolute Gasteiger partial charge is 0.340 e. The molecule has 0 aromatic heterocycles. The molecule has 5 heteroatoms. The van der Waals surface area contributed by atoms with Crippen LogP contribution < -0.4 is 15.5 Å². The van der Waals surface area contributed by atoms with Crippen molar-refractivity contribution >= 4 is 11.7 Å². The lowest BCUT2D eigenvalue weighted by atomic mass is 10.3. The molecule has 0 bridgehead atoms. The maximum Gasteiger partial charge on any atom is 0.340 e. The molecule has 1 aliphatic rings. The van der Waals surface area contributed by atoms with Gasteiger partial charge in [-0.25, -0.2) is 9.80 Å². The first-order valence-electron chi connectivity index (χ1n) is 5.91. The van der Waals surface area contributed by atoms with Crippen LogP contribution in [-0.4, -0.2) is 23.7 Å². The minimum Gasteiger partial charge on any atom is -0.491 e. The number of amides is 2. The van der Waals surface area contributed by atoms with Crippen LogP contribution >= 0.6 is 0 Å². The number of carbonyl (C=O) groups is 1. The molecule has 2 rings (SSSR count). The molecule has 0 radical (unpaired) electrons. The van der Waals surface area contributed by atoms with Gasteiger partial charge in [0.2, 0.25) is 0 Å². The van der Waals surface area contributed by atoms with Gasteiger partial charge in [0, 0.05) is 11.9 Å². The van der Waals surface area contributed by atoms with E-state index in [1.165, 1.54) is 5.01 Å². The average molecular weight is 247 g/mol. The summed E-state index contributed by atoms with van der Waals surface area (Å²) in [7, 11) is 0. The van der Waals surface area contributed by atoms with Crippen LogP contribution in [0, 0.1) is 0 Å². The zero-order chi connectivity index (χ0) is 13.0. The van der Waals surface area contributed by atoms with Gasteiger partial charge in [0.1, 0.15) is 5.75 Å². The van der Waals surface area contributed by atoms with E-state index in [9.17, 15) is 4.79 Å². The predicted molar refractivity (Wildman–Crippen MR) is 70.2 cm³/mol. The Labute approximate surface area is 106 Å². The number of anilines is 1. The Morgan fingerprint density at radius 3 is 2.67 bits per heavy atom. The van der Waals surface area contributed by atoms with E-state index in [-0.39, 0.29) is 12.1 Å². The maximum atomic E-state index is 11.8. The van der Waals surface area contributed by atoms with E-state index in [2.05, 4.69) is 10.7 Å². The van der Waals surface area contributed by atoms with Gasteiger partial charge < -0.3 is 15.5 Å². The fraction of sp³-hybridized carbons (Fsp3) is 0.308. The third kappa shape index (κ3) is 3.16. The Kier molecular flexibility index (Phi) is 3.72. The van der Waals surface area contributed by atoms with Crippen molar-refractivity contribution in [3.63, 3.8) is 0 Å². The molecule has 1 heterocycles. The highest BCUT2D eigenvalue weighted by molar-refractivity contribution is 5.89. The van der Waals surface area contributed by atoms with Gasteiger partial charge in [0.15, 0.2) is 0 Å². The minimum absolute atomic E-state index is 0.144. The largest absolute Gasteiger partial charge is 0.491 e. The molecule has 96 valence electrons.